The summed E-state index contributed by atoms with van der Waals surface area (Å²) >= 11 is 0. The van der Waals surface area contributed by atoms with Crippen LogP contribution in [0.5, 0.6) is 0 Å². The average molecular weight is 451 g/mol. The number of guanidine groups is 1. The lowest BCUT2D eigenvalue weighted by Crippen LogP contribution is -2.56. The van der Waals surface area contributed by atoms with Crippen LogP contribution in [0.2, 0.25) is 0 Å². The Labute approximate surface area is 191 Å². The summed E-state index contributed by atoms with van der Waals surface area (Å²) in [6.45, 7) is 11.6. The minimum atomic E-state index is -0.900. The number of carbonyl (C=O) groups excluding carboxylic acids is 2. The van der Waals surface area contributed by atoms with Crippen LogP contribution >= 0.6 is 0 Å². The second-order valence-corrected chi connectivity index (χ2v) is 9.66. The van der Waals surface area contributed by atoms with E-state index in [1.54, 1.807) is 6.92 Å². The van der Waals surface area contributed by atoms with Gasteiger partial charge in [0.25, 0.3) is 0 Å². The normalized spacial score (nSPS) is 20.8. The fourth-order valence-electron chi connectivity index (χ4n) is 3.74. The predicted molar refractivity (Wildman–Crippen MR) is 121 cm³/mol. The molecule has 0 aromatic carbocycles. The van der Waals surface area contributed by atoms with Gasteiger partial charge < -0.3 is 24.6 Å². The number of nitrogens with zero attached hydrogens (tertiary/aromatic N) is 4. The SMILES string of the molecule is CCOC(=O)NC(=NC(CC(C)(C)C)C(=O)NC1(C#N)CCN(C)CC1)N1CCOCC1. The maximum absolute atomic E-state index is 13.4. The summed E-state index contributed by atoms with van der Waals surface area (Å²) in [6.07, 6.45) is 0.972. The van der Waals surface area contributed by atoms with Crippen molar-refractivity contribution in [3.8, 4) is 6.07 Å². The molecule has 2 aliphatic heterocycles. The third-order valence-corrected chi connectivity index (χ3v) is 5.60. The molecule has 180 valence electrons. The molecular formula is C22H38N6O4. The van der Waals surface area contributed by atoms with Crippen LogP contribution in [-0.2, 0) is 14.3 Å². The minimum Gasteiger partial charge on any atom is -0.450 e. The Morgan fingerprint density at radius 3 is 2.38 bits per heavy atom. The molecule has 2 saturated heterocycles. The highest BCUT2D eigenvalue weighted by Crippen LogP contribution is 2.25. The third-order valence-electron chi connectivity index (χ3n) is 5.60. The van der Waals surface area contributed by atoms with Crippen LogP contribution in [0.25, 0.3) is 0 Å². The molecular weight excluding hydrogens is 412 g/mol. The largest absolute Gasteiger partial charge is 0.450 e. The van der Waals surface area contributed by atoms with Gasteiger partial charge in [0.2, 0.25) is 11.9 Å². The van der Waals surface area contributed by atoms with Crippen molar-refractivity contribution in [2.24, 2.45) is 10.4 Å². The molecule has 0 aromatic heterocycles. The first-order valence-electron chi connectivity index (χ1n) is 11.3. The van der Waals surface area contributed by atoms with Crippen molar-refractivity contribution in [3.05, 3.63) is 0 Å². The molecule has 0 radical (unpaired) electrons. The first-order chi connectivity index (χ1) is 15.1. The molecule has 2 N–H and O–H groups in total. The highest BCUT2D eigenvalue weighted by atomic mass is 16.5. The summed E-state index contributed by atoms with van der Waals surface area (Å²) in [5.74, 6) is -0.00650. The van der Waals surface area contributed by atoms with E-state index in [1.807, 2.05) is 32.7 Å². The fourth-order valence-corrected chi connectivity index (χ4v) is 3.74. The van der Waals surface area contributed by atoms with Gasteiger partial charge in [-0.25, -0.2) is 9.79 Å². The van der Waals surface area contributed by atoms with Crippen molar-refractivity contribution in [3.63, 3.8) is 0 Å². The monoisotopic (exact) mass is 450 g/mol. The molecule has 10 nitrogen and oxygen atoms in total. The summed E-state index contributed by atoms with van der Waals surface area (Å²) in [5.41, 5.74) is -1.10. The van der Waals surface area contributed by atoms with Crippen molar-refractivity contribution in [1.29, 1.82) is 5.26 Å². The molecule has 0 saturated carbocycles. The number of aliphatic imine (C=N–C) groups is 1. The predicted octanol–water partition coefficient (Wildman–Crippen LogP) is 1.33. The number of alkyl carbamates (subject to hydrolysis) is 1. The molecule has 1 unspecified atom stereocenters. The molecule has 0 bridgehead atoms. The minimum absolute atomic E-state index is 0.196. The molecule has 2 rings (SSSR count). The van der Waals surface area contributed by atoms with Crippen molar-refractivity contribution in [2.45, 2.75) is 58.5 Å². The Morgan fingerprint density at radius 2 is 1.84 bits per heavy atom. The van der Waals surface area contributed by atoms with Crippen molar-refractivity contribution in [2.75, 3.05) is 53.0 Å². The van der Waals surface area contributed by atoms with Gasteiger partial charge >= 0.3 is 6.09 Å². The summed E-state index contributed by atoms with van der Waals surface area (Å²) < 4.78 is 10.4. The molecule has 2 amide bonds. The van der Waals surface area contributed by atoms with E-state index in [4.69, 9.17) is 14.5 Å². The fraction of sp³-hybridized carbons (Fsp3) is 0.818. The lowest BCUT2D eigenvalue weighted by atomic mass is 9.86. The second-order valence-electron chi connectivity index (χ2n) is 9.66. The number of ether oxygens (including phenoxy) is 2. The van der Waals surface area contributed by atoms with E-state index in [0.717, 1.165) is 13.1 Å². The Morgan fingerprint density at radius 1 is 1.22 bits per heavy atom. The van der Waals surface area contributed by atoms with E-state index >= 15 is 0 Å². The van der Waals surface area contributed by atoms with Gasteiger partial charge in [-0.05, 0) is 38.6 Å². The number of hydrogen-bond acceptors (Lipinski definition) is 7. The summed E-state index contributed by atoms with van der Waals surface area (Å²) in [7, 11) is 2.01. The number of likely N-dealkylation sites (tertiary alicyclic amines) is 1. The van der Waals surface area contributed by atoms with Crippen molar-refractivity contribution >= 4 is 18.0 Å². The molecule has 1 atom stereocenters. The number of carbonyl (C=O) groups is 2. The van der Waals surface area contributed by atoms with Crippen LogP contribution in [0.3, 0.4) is 0 Å². The van der Waals surface area contributed by atoms with Crippen LogP contribution in [0.1, 0.15) is 47.0 Å². The number of morpholine rings is 1. The molecule has 0 spiro atoms. The summed E-state index contributed by atoms with van der Waals surface area (Å²) in [6, 6.07) is 1.56. The smallest absolute Gasteiger partial charge is 0.413 e. The van der Waals surface area contributed by atoms with Crippen molar-refractivity contribution < 1.29 is 19.1 Å². The van der Waals surface area contributed by atoms with E-state index in [0.29, 0.717) is 51.5 Å². The lowest BCUT2D eigenvalue weighted by Gasteiger charge is -2.37. The molecule has 32 heavy (non-hydrogen) atoms. The van der Waals surface area contributed by atoms with Gasteiger partial charge in [-0.3, -0.25) is 10.1 Å². The van der Waals surface area contributed by atoms with Gasteiger partial charge in [-0.1, -0.05) is 20.8 Å². The van der Waals surface area contributed by atoms with Gasteiger partial charge in [0, 0.05) is 26.2 Å². The van der Waals surface area contributed by atoms with Gasteiger partial charge in [-0.15, -0.1) is 0 Å². The Balaban J connectivity index is 2.30. The Bertz CT molecular complexity index is 713. The topological polar surface area (TPSA) is 119 Å². The average Bonchev–Trinajstić information content (AvgIpc) is 2.74. The zero-order valence-corrected chi connectivity index (χ0v) is 20.1. The molecule has 10 heteroatoms. The van der Waals surface area contributed by atoms with Gasteiger partial charge in [0.15, 0.2) is 0 Å². The van der Waals surface area contributed by atoms with E-state index < -0.39 is 17.7 Å². The number of nitrogens with one attached hydrogen (secondary N) is 2. The number of amides is 2. The summed E-state index contributed by atoms with van der Waals surface area (Å²) in [4.78, 5) is 34.3. The standard InChI is InChI=1S/C22H38N6O4/c1-6-32-20(30)25-19(28-11-13-31-14-12-28)24-17(15-21(2,3)4)18(29)26-22(16-23)7-9-27(5)10-8-22/h17H,6-15H2,1-5H3,(H,26,29)(H,24,25,30). The van der Waals surface area contributed by atoms with Crippen LogP contribution in [-0.4, -0.2) is 92.4 Å². The van der Waals surface area contributed by atoms with Crippen LogP contribution < -0.4 is 10.6 Å². The Kier molecular flexibility index (Phi) is 9.28. The first kappa shape index (κ1) is 25.9. The van der Waals surface area contributed by atoms with E-state index in [1.165, 1.54) is 0 Å². The zero-order valence-electron chi connectivity index (χ0n) is 20.1. The van der Waals surface area contributed by atoms with Gasteiger partial charge in [0.1, 0.15) is 11.6 Å². The highest BCUT2D eigenvalue weighted by molar-refractivity contribution is 5.96. The number of piperidine rings is 1. The van der Waals surface area contributed by atoms with E-state index in [-0.39, 0.29) is 17.9 Å². The van der Waals surface area contributed by atoms with E-state index in [9.17, 15) is 14.9 Å². The van der Waals surface area contributed by atoms with Crippen LogP contribution in [0, 0.1) is 16.7 Å². The maximum atomic E-state index is 13.4. The van der Waals surface area contributed by atoms with E-state index in [2.05, 4.69) is 21.6 Å². The van der Waals surface area contributed by atoms with Crippen LogP contribution in [0.4, 0.5) is 4.79 Å². The molecule has 0 aromatic rings. The number of rotatable bonds is 5. The molecule has 2 fully saturated rings. The maximum Gasteiger partial charge on any atom is 0.413 e. The number of hydrogen-bond donors (Lipinski definition) is 2. The van der Waals surface area contributed by atoms with Gasteiger partial charge in [0.05, 0.1) is 25.9 Å². The van der Waals surface area contributed by atoms with Crippen LogP contribution in [0.15, 0.2) is 4.99 Å². The van der Waals surface area contributed by atoms with Crippen molar-refractivity contribution in [1.82, 2.24) is 20.4 Å². The second kappa shape index (κ2) is 11.5. The quantitative estimate of drug-likeness (QED) is 0.479. The van der Waals surface area contributed by atoms with Gasteiger partial charge in [-0.2, -0.15) is 5.26 Å². The Hall–Kier alpha value is -2.38. The molecule has 0 aliphatic carbocycles. The number of nitriles is 1. The highest BCUT2D eigenvalue weighted by Gasteiger charge is 2.38. The first-order valence-corrected chi connectivity index (χ1v) is 11.3. The zero-order chi connectivity index (χ0) is 23.8. The molecule has 2 aliphatic rings. The lowest BCUT2D eigenvalue weighted by molar-refractivity contribution is -0.124. The molecule has 2 heterocycles. The third kappa shape index (κ3) is 7.95. The summed E-state index contributed by atoms with van der Waals surface area (Å²) in [5, 5.41) is 15.5.